The van der Waals surface area contributed by atoms with Gasteiger partial charge < -0.3 is 39.5 Å². The molecule has 0 aliphatic carbocycles. The maximum Gasteiger partial charge on any atom is 0.490 e. The van der Waals surface area contributed by atoms with Crippen LogP contribution in [0.2, 0.25) is 0 Å². The van der Waals surface area contributed by atoms with Crippen LogP contribution in [0.5, 0.6) is 0 Å². The van der Waals surface area contributed by atoms with Gasteiger partial charge in [0, 0.05) is 20.2 Å². The van der Waals surface area contributed by atoms with Gasteiger partial charge in [-0.2, -0.15) is 13.6 Å². The van der Waals surface area contributed by atoms with Gasteiger partial charge in [0.1, 0.15) is 24.1 Å². The Balaban J connectivity index is 2.12. The third-order valence-corrected chi connectivity index (χ3v) is 7.61. The van der Waals surface area contributed by atoms with Crippen molar-refractivity contribution in [1.29, 1.82) is 0 Å². The summed E-state index contributed by atoms with van der Waals surface area (Å²) in [6.07, 6.45) is -4.37. The van der Waals surface area contributed by atoms with Crippen molar-refractivity contribution in [3.05, 3.63) is 22.7 Å². The maximum atomic E-state index is 12.3. The van der Waals surface area contributed by atoms with Crippen LogP contribution >= 0.6 is 23.5 Å². The number of methoxy groups -OCH3 is 1. The monoisotopic (exact) mass is 539 g/mol. The summed E-state index contributed by atoms with van der Waals surface area (Å²) >= 11 is 0. The van der Waals surface area contributed by atoms with Crippen molar-refractivity contribution >= 4 is 35.2 Å². The molecule has 1 aliphatic rings. The molecule has 2 rings (SSSR count). The molecule has 1 amide bonds. The highest BCUT2D eigenvalue weighted by Gasteiger charge is 2.47. The number of ether oxygens (including phenoxy) is 2. The van der Waals surface area contributed by atoms with Crippen molar-refractivity contribution in [3.63, 3.8) is 0 Å². The van der Waals surface area contributed by atoms with E-state index in [1.54, 1.807) is 0 Å². The number of aliphatic hydroxyl groups excluding tert-OH is 1. The minimum absolute atomic E-state index is 0.0551. The number of phosphoric acid groups is 3. The highest BCUT2D eigenvalue weighted by atomic mass is 31.3. The summed E-state index contributed by atoms with van der Waals surface area (Å²) in [5.74, 6) is -0.533. The summed E-state index contributed by atoms with van der Waals surface area (Å²) in [6, 6.07) is 1.25. The highest BCUT2D eigenvalue weighted by molar-refractivity contribution is 7.66. The average Bonchev–Trinajstić information content (AvgIpc) is 2.92. The van der Waals surface area contributed by atoms with E-state index in [0.29, 0.717) is 0 Å². The maximum absolute atomic E-state index is 12.3. The Bertz CT molecular complexity index is 1070. The van der Waals surface area contributed by atoms with Crippen LogP contribution in [-0.2, 0) is 41.1 Å². The first-order valence-electron chi connectivity index (χ1n) is 8.55. The first-order valence-corrected chi connectivity index (χ1v) is 13.1. The van der Waals surface area contributed by atoms with Crippen LogP contribution in [0.15, 0.2) is 17.1 Å². The van der Waals surface area contributed by atoms with Crippen molar-refractivity contribution in [2.75, 3.05) is 19.0 Å². The molecule has 1 fully saturated rings. The molecule has 1 aromatic rings. The Morgan fingerprint density at radius 2 is 1.85 bits per heavy atom. The molecular formula is C12H20N3O15P3. The van der Waals surface area contributed by atoms with Crippen LogP contribution in [0.25, 0.3) is 0 Å². The van der Waals surface area contributed by atoms with E-state index in [1.165, 1.54) is 26.3 Å². The molecule has 2 heterocycles. The fraction of sp³-hybridized carbons (Fsp3) is 0.583. The number of carbonyl (C=O) groups is 1. The topological polar surface area (TPSA) is 262 Å². The lowest BCUT2D eigenvalue weighted by atomic mass is 10.1. The summed E-state index contributed by atoms with van der Waals surface area (Å²) in [5.41, 5.74) is -0.908. The summed E-state index contributed by atoms with van der Waals surface area (Å²) in [5, 5.41) is 12.7. The zero-order valence-electron chi connectivity index (χ0n) is 16.7. The van der Waals surface area contributed by atoms with E-state index >= 15 is 0 Å². The number of aromatic nitrogens is 2. The second-order valence-corrected chi connectivity index (χ2v) is 10.7. The number of rotatable bonds is 10. The second-order valence-electron chi connectivity index (χ2n) is 6.33. The van der Waals surface area contributed by atoms with Gasteiger partial charge in [-0.1, -0.05) is 0 Å². The lowest BCUT2D eigenvalue weighted by molar-refractivity contribution is -0.114. The summed E-state index contributed by atoms with van der Waals surface area (Å²) in [4.78, 5) is 62.7. The molecule has 2 unspecified atom stereocenters. The SMILES string of the molecule is CO[C@@H]1[C@H](O)[C@@H](COP(=O)(O)OP(=O)(O)OP(=O)(O)O)O[C@H]1n1ccc(NC(C)=O)nc1=O. The fourth-order valence-electron chi connectivity index (χ4n) is 2.66. The summed E-state index contributed by atoms with van der Waals surface area (Å²) in [7, 11) is -15.6. The fourth-order valence-corrected chi connectivity index (χ4v) is 5.69. The van der Waals surface area contributed by atoms with Crippen molar-refractivity contribution in [3.8, 4) is 0 Å². The smallest absolute Gasteiger partial charge is 0.387 e. The Kier molecular flexibility index (Phi) is 8.87. The number of hydrogen-bond acceptors (Lipinski definition) is 12. The van der Waals surface area contributed by atoms with Crippen molar-refractivity contribution < 1.29 is 65.8 Å². The number of hydrogen-bond donors (Lipinski definition) is 6. The van der Waals surface area contributed by atoms with Gasteiger partial charge in [-0.25, -0.2) is 18.5 Å². The van der Waals surface area contributed by atoms with Gasteiger partial charge >= 0.3 is 29.2 Å². The van der Waals surface area contributed by atoms with Gasteiger partial charge in [-0.15, -0.1) is 0 Å². The molecule has 0 spiro atoms. The molecule has 1 saturated heterocycles. The lowest BCUT2D eigenvalue weighted by Crippen LogP contribution is -2.37. The zero-order chi connectivity index (χ0) is 25.2. The third kappa shape index (κ3) is 8.12. The molecular weight excluding hydrogens is 519 g/mol. The van der Waals surface area contributed by atoms with Crippen LogP contribution in [0.1, 0.15) is 13.2 Å². The van der Waals surface area contributed by atoms with Crippen molar-refractivity contribution in [1.82, 2.24) is 9.55 Å². The number of anilines is 1. The summed E-state index contributed by atoms with van der Waals surface area (Å²) < 4.78 is 56.8. The molecule has 18 nitrogen and oxygen atoms in total. The zero-order valence-corrected chi connectivity index (χ0v) is 19.4. The van der Waals surface area contributed by atoms with Crippen molar-refractivity contribution in [2.45, 2.75) is 31.5 Å². The van der Waals surface area contributed by atoms with Gasteiger partial charge in [0.2, 0.25) is 5.91 Å². The molecule has 1 aliphatic heterocycles. The van der Waals surface area contributed by atoms with E-state index in [2.05, 4.69) is 23.4 Å². The number of phosphoric ester groups is 1. The number of amides is 1. The predicted octanol–water partition coefficient (Wildman–Crippen LogP) is -1.18. The molecule has 6 atom stereocenters. The number of aliphatic hydroxyl groups is 1. The van der Waals surface area contributed by atoms with E-state index in [9.17, 15) is 33.3 Å². The molecule has 0 radical (unpaired) electrons. The van der Waals surface area contributed by atoms with Crippen LogP contribution in [-0.4, -0.2) is 72.2 Å². The standard InChI is InChI=1S/C12H20N3O15P3/c1-6(16)13-8-3-4-15(12(18)14-8)11-10(26-2)9(17)7(28-11)5-27-32(22,23)30-33(24,25)29-31(19,20)21/h3-4,7,9-11,17H,5H2,1-2H3,(H,22,23)(H,24,25)(H2,19,20,21)(H,13,14,16,18)/t7-,9-,10-,11-/m1/s1. The average molecular weight is 539 g/mol. The van der Waals surface area contributed by atoms with E-state index in [1.807, 2.05) is 0 Å². The second kappa shape index (κ2) is 10.5. The van der Waals surface area contributed by atoms with Crippen LogP contribution in [0, 0.1) is 0 Å². The Labute approximate surface area is 184 Å². The summed E-state index contributed by atoms with van der Waals surface area (Å²) in [6.45, 7) is 0.236. The van der Waals surface area contributed by atoms with Gasteiger partial charge in [0.15, 0.2) is 6.23 Å². The molecule has 0 saturated carbocycles. The Morgan fingerprint density at radius 1 is 1.21 bits per heavy atom. The molecule has 188 valence electrons. The minimum atomic E-state index is -5.72. The number of nitrogens with one attached hydrogen (secondary N) is 1. The molecule has 0 aromatic carbocycles. The predicted molar refractivity (Wildman–Crippen MR) is 103 cm³/mol. The van der Waals surface area contributed by atoms with E-state index < -0.39 is 66.2 Å². The highest BCUT2D eigenvalue weighted by Crippen LogP contribution is 2.66. The van der Waals surface area contributed by atoms with Gasteiger partial charge in [-0.3, -0.25) is 13.9 Å². The van der Waals surface area contributed by atoms with Crippen LogP contribution < -0.4 is 11.0 Å². The van der Waals surface area contributed by atoms with Crippen LogP contribution in [0.3, 0.4) is 0 Å². The van der Waals surface area contributed by atoms with Crippen molar-refractivity contribution in [2.24, 2.45) is 0 Å². The van der Waals surface area contributed by atoms with Gasteiger partial charge in [0.05, 0.1) is 6.61 Å². The Hall–Kier alpha value is -1.36. The number of carbonyl (C=O) groups excluding carboxylic acids is 1. The van der Waals surface area contributed by atoms with E-state index in [0.717, 1.165) is 4.57 Å². The molecule has 6 N–H and O–H groups in total. The normalized spacial score (nSPS) is 27.0. The van der Waals surface area contributed by atoms with Gasteiger partial charge in [-0.05, 0) is 6.07 Å². The quantitative estimate of drug-likeness (QED) is 0.191. The van der Waals surface area contributed by atoms with E-state index in [4.69, 9.17) is 24.2 Å². The molecule has 21 heteroatoms. The molecule has 1 aromatic heterocycles. The largest absolute Gasteiger partial charge is 0.490 e. The number of nitrogens with zero attached hydrogens (tertiary/aromatic N) is 2. The lowest BCUT2D eigenvalue weighted by Gasteiger charge is -2.20. The first-order chi connectivity index (χ1) is 15.0. The first kappa shape index (κ1) is 27.9. The van der Waals surface area contributed by atoms with Crippen LogP contribution in [0.4, 0.5) is 5.82 Å². The Morgan fingerprint density at radius 3 is 2.36 bits per heavy atom. The van der Waals surface area contributed by atoms with Gasteiger partial charge in [0.25, 0.3) is 0 Å². The molecule has 33 heavy (non-hydrogen) atoms. The molecule has 0 bridgehead atoms. The van der Waals surface area contributed by atoms with E-state index in [-0.39, 0.29) is 5.82 Å². The minimum Gasteiger partial charge on any atom is -0.387 e. The third-order valence-electron chi connectivity index (χ3n) is 3.81.